The third-order valence-corrected chi connectivity index (χ3v) is 4.94. The van der Waals surface area contributed by atoms with Gasteiger partial charge in [-0.1, -0.05) is 35.9 Å². The van der Waals surface area contributed by atoms with Crippen LogP contribution in [0, 0.1) is 17.1 Å². The van der Waals surface area contributed by atoms with Crippen LogP contribution in [-0.2, 0) is 6.18 Å². The number of ether oxygens (including phenoxy) is 1. The Morgan fingerprint density at radius 1 is 1.10 bits per heavy atom. The fourth-order valence-electron chi connectivity index (χ4n) is 3.37. The molecule has 0 radical (unpaired) electrons. The SMILES string of the molecule is N#CC1=C(N)Oc2c(c(C(F)(F)F)nn2-c2ccccc2)C1c1c(F)cccc1Cl. The molecule has 1 aliphatic heterocycles. The Morgan fingerprint density at radius 3 is 2.40 bits per heavy atom. The van der Waals surface area contributed by atoms with Crippen molar-refractivity contribution in [3.8, 4) is 17.6 Å². The lowest BCUT2D eigenvalue weighted by molar-refractivity contribution is -0.142. The number of benzene rings is 2. The normalized spacial score (nSPS) is 16.1. The standard InChI is InChI=1S/C20H11ClF4N4O/c21-12-7-4-8-13(22)15(12)14-11(9-26)18(27)30-19-16(14)17(20(23,24)25)28-29(19)10-5-2-1-3-6-10/h1-8,14H,27H2. The lowest BCUT2D eigenvalue weighted by Gasteiger charge is -2.26. The Labute approximate surface area is 172 Å². The first-order chi connectivity index (χ1) is 14.2. The number of alkyl halides is 3. The van der Waals surface area contributed by atoms with E-state index < -0.39 is 40.6 Å². The molecule has 0 aliphatic carbocycles. The molecule has 0 spiro atoms. The van der Waals surface area contributed by atoms with Gasteiger partial charge in [-0.15, -0.1) is 0 Å². The molecule has 10 heteroatoms. The molecule has 0 saturated carbocycles. The summed E-state index contributed by atoms with van der Waals surface area (Å²) in [5.41, 5.74) is 3.52. The van der Waals surface area contributed by atoms with Crippen LogP contribution in [0.15, 0.2) is 60.0 Å². The minimum atomic E-state index is -4.92. The highest BCUT2D eigenvalue weighted by atomic mass is 35.5. The zero-order valence-electron chi connectivity index (χ0n) is 14.9. The summed E-state index contributed by atoms with van der Waals surface area (Å²) in [6.07, 6.45) is -4.92. The van der Waals surface area contributed by atoms with E-state index in [0.717, 1.165) is 10.7 Å². The Bertz CT molecular complexity index is 1190. The summed E-state index contributed by atoms with van der Waals surface area (Å²) in [6.45, 7) is 0. The van der Waals surface area contributed by atoms with Crippen molar-refractivity contribution in [2.24, 2.45) is 5.73 Å². The number of aromatic nitrogens is 2. The van der Waals surface area contributed by atoms with E-state index in [9.17, 15) is 22.8 Å². The van der Waals surface area contributed by atoms with E-state index in [2.05, 4.69) is 5.10 Å². The molecule has 152 valence electrons. The molecular formula is C20H11ClF4N4O. The van der Waals surface area contributed by atoms with E-state index >= 15 is 0 Å². The summed E-state index contributed by atoms with van der Waals surface area (Å²) in [6, 6.07) is 13.3. The van der Waals surface area contributed by atoms with E-state index in [1.165, 1.54) is 24.3 Å². The molecule has 0 bridgehead atoms. The molecule has 2 heterocycles. The van der Waals surface area contributed by atoms with Crippen molar-refractivity contribution in [2.45, 2.75) is 12.1 Å². The molecule has 2 N–H and O–H groups in total. The molecule has 4 rings (SSSR count). The predicted octanol–water partition coefficient (Wildman–Crippen LogP) is 4.90. The second-order valence-electron chi connectivity index (χ2n) is 6.37. The van der Waals surface area contributed by atoms with Crippen LogP contribution in [0.5, 0.6) is 5.88 Å². The van der Waals surface area contributed by atoms with E-state index in [-0.39, 0.29) is 22.2 Å². The summed E-state index contributed by atoms with van der Waals surface area (Å²) < 4.78 is 62.8. The smallest absolute Gasteiger partial charge is 0.422 e. The van der Waals surface area contributed by atoms with Crippen LogP contribution in [0.2, 0.25) is 5.02 Å². The molecule has 0 amide bonds. The van der Waals surface area contributed by atoms with Crippen molar-refractivity contribution >= 4 is 11.6 Å². The number of halogens is 5. The Morgan fingerprint density at radius 2 is 1.80 bits per heavy atom. The number of hydrogen-bond donors (Lipinski definition) is 1. The summed E-state index contributed by atoms with van der Waals surface area (Å²) >= 11 is 6.13. The molecular weight excluding hydrogens is 424 g/mol. The number of allylic oxidation sites excluding steroid dienone is 1. The highest BCUT2D eigenvalue weighted by molar-refractivity contribution is 6.31. The number of nitrogens with zero attached hydrogens (tertiary/aromatic N) is 3. The number of fused-ring (bicyclic) bond motifs is 1. The average Bonchev–Trinajstić information content (AvgIpc) is 3.08. The summed E-state index contributed by atoms with van der Waals surface area (Å²) in [5.74, 6) is -3.27. The van der Waals surface area contributed by atoms with Gasteiger partial charge in [0.2, 0.25) is 11.8 Å². The van der Waals surface area contributed by atoms with Gasteiger partial charge < -0.3 is 10.5 Å². The van der Waals surface area contributed by atoms with Crippen molar-refractivity contribution in [1.29, 1.82) is 5.26 Å². The Kier molecular flexibility index (Phi) is 4.67. The van der Waals surface area contributed by atoms with Crippen LogP contribution in [0.4, 0.5) is 17.6 Å². The highest BCUT2D eigenvalue weighted by Gasteiger charge is 2.47. The molecule has 1 aliphatic rings. The van der Waals surface area contributed by atoms with Gasteiger partial charge in [0.25, 0.3) is 0 Å². The van der Waals surface area contributed by atoms with Gasteiger partial charge in [-0.05, 0) is 24.3 Å². The van der Waals surface area contributed by atoms with Gasteiger partial charge in [0, 0.05) is 10.6 Å². The molecule has 1 aromatic heterocycles. The first-order valence-electron chi connectivity index (χ1n) is 8.51. The fraction of sp³-hybridized carbons (Fsp3) is 0.100. The number of hydrogen-bond acceptors (Lipinski definition) is 4. The van der Waals surface area contributed by atoms with Crippen molar-refractivity contribution in [3.05, 3.63) is 87.6 Å². The van der Waals surface area contributed by atoms with Gasteiger partial charge in [0.15, 0.2) is 5.69 Å². The zero-order valence-corrected chi connectivity index (χ0v) is 15.7. The Balaban J connectivity index is 2.10. The van der Waals surface area contributed by atoms with Crippen LogP contribution in [0.3, 0.4) is 0 Å². The second kappa shape index (κ2) is 7.07. The van der Waals surface area contributed by atoms with E-state index in [0.29, 0.717) is 0 Å². The zero-order chi connectivity index (χ0) is 21.6. The third-order valence-electron chi connectivity index (χ3n) is 4.61. The minimum Gasteiger partial charge on any atom is -0.422 e. The summed E-state index contributed by atoms with van der Waals surface area (Å²) in [4.78, 5) is 0. The van der Waals surface area contributed by atoms with Gasteiger partial charge >= 0.3 is 6.18 Å². The van der Waals surface area contributed by atoms with E-state index in [1.807, 2.05) is 0 Å². The first-order valence-corrected chi connectivity index (χ1v) is 8.88. The molecule has 30 heavy (non-hydrogen) atoms. The summed E-state index contributed by atoms with van der Waals surface area (Å²) in [5, 5.41) is 13.1. The monoisotopic (exact) mass is 434 g/mol. The maximum Gasteiger partial charge on any atom is 0.435 e. The highest BCUT2D eigenvalue weighted by Crippen LogP contribution is 2.50. The van der Waals surface area contributed by atoms with E-state index in [4.69, 9.17) is 22.1 Å². The van der Waals surface area contributed by atoms with Gasteiger partial charge in [0.1, 0.15) is 17.5 Å². The molecule has 5 nitrogen and oxygen atoms in total. The van der Waals surface area contributed by atoms with Gasteiger partial charge in [0.05, 0.1) is 17.2 Å². The molecule has 0 saturated heterocycles. The van der Waals surface area contributed by atoms with Crippen LogP contribution < -0.4 is 10.5 Å². The van der Waals surface area contributed by atoms with Crippen LogP contribution in [-0.4, -0.2) is 9.78 Å². The first kappa shape index (κ1) is 19.8. The molecule has 2 aromatic carbocycles. The third kappa shape index (κ3) is 3.06. The fourth-order valence-corrected chi connectivity index (χ4v) is 3.64. The van der Waals surface area contributed by atoms with Gasteiger partial charge in [-0.25, -0.2) is 4.39 Å². The number of nitrogens with two attached hydrogens (primary N) is 1. The van der Waals surface area contributed by atoms with Gasteiger partial charge in [-0.3, -0.25) is 0 Å². The molecule has 0 fully saturated rings. The van der Waals surface area contributed by atoms with Crippen molar-refractivity contribution < 1.29 is 22.3 Å². The molecule has 1 atom stereocenters. The lowest BCUT2D eigenvalue weighted by atomic mass is 9.83. The topological polar surface area (TPSA) is 76.9 Å². The quantitative estimate of drug-likeness (QED) is 0.582. The molecule has 1 unspecified atom stereocenters. The Hall–Kier alpha value is -3.51. The average molecular weight is 435 g/mol. The number of nitriles is 1. The lowest BCUT2D eigenvalue weighted by Crippen LogP contribution is -2.24. The van der Waals surface area contributed by atoms with Crippen LogP contribution in [0.1, 0.15) is 22.7 Å². The number of rotatable bonds is 2. The van der Waals surface area contributed by atoms with Gasteiger partial charge in [-0.2, -0.15) is 28.2 Å². The second-order valence-corrected chi connectivity index (χ2v) is 6.78. The minimum absolute atomic E-state index is 0.158. The van der Waals surface area contributed by atoms with Crippen molar-refractivity contribution in [2.75, 3.05) is 0 Å². The van der Waals surface area contributed by atoms with E-state index in [1.54, 1.807) is 24.3 Å². The maximum atomic E-state index is 14.7. The van der Waals surface area contributed by atoms with Crippen LogP contribution in [0.25, 0.3) is 5.69 Å². The molecule has 3 aromatic rings. The predicted molar refractivity (Wildman–Crippen MR) is 99.3 cm³/mol. The largest absolute Gasteiger partial charge is 0.435 e. The summed E-state index contributed by atoms with van der Waals surface area (Å²) in [7, 11) is 0. The van der Waals surface area contributed by atoms with Crippen molar-refractivity contribution in [1.82, 2.24) is 9.78 Å². The van der Waals surface area contributed by atoms with Crippen LogP contribution >= 0.6 is 11.6 Å². The van der Waals surface area contributed by atoms with Crippen molar-refractivity contribution in [3.63, 3.8) is 0 Å². The number of para-hydroxylation sites is 1. The maximum absolute atomic E-state index is 14.7.